The summed E-state index contributed by atoms with van der Waals surface area (Å²) in [6, 6.07) is 1.74. The third-order valence-electron chi connectivity index (χ3n) is 6.36. The summed E-state index contributed by atoms with van der Waals surface area (Å²) in [7, 11) is 1.74. The number of ether oxygens (including phenoxy) is 1. The van der Waals surface area contributed by atoms with Gasteiger partial charge >= 0.3 is 0 Å². The average Bonchev–Trinajstić information content (AvgIpc) is 3.42. The van der Waals surface area contributed by atoms with Crippen LogP contribution in [0, 0.1) is 17.8 Å². The molecule has 4 atom stereocenters. The number of aromatic nitrogens is 1. The fourth-order valence-electron chi connectivity index (χ4n) is 4.77. The van der Waals surface area contributed by atoms with Gasteiger partial charge in [-0.05, 0) is 5.92 Å². The van der Waals surface area contributed by atoms with Gasteiger partial charge in [-0.1, -0.05) is 44.0 Å². The second kappa shape index (κ2) is 6.78. The first kappa shape index (κ1) is 18.2. The molecule has 1 aromatic rings. The van der Waals surface area contributed by atoms with Crippen LogP contribution in [-0.2, 0) is 20.9 Å². The molecule has 146 valence electrons. The number of hydrogen-bond donors (Lipinski definition) is 0. The summed E-state index contributed by atoms with van der Waals surface area (Å²) >= 11 is 0. The van der Waals surface area contributed by atoms with Crippen molar-refractivity contribution in [2.75, 3.05) is 20.1 Å². The number of carbonyl (C=O) groups excluding carboxylic acids is 2. The van der Waals surface area contributed by atoms with Crippen LogP contribution in [0.2, 0.25) is 0 Å². The summed E-state index contributed by atoms with van der Waals surface area (Å²) in [4.78, 5) is 29.9. The van der Waals surface area contributed by atoms with Crippen molar-refractivity contribution in [3.63, 3.8) is 0 Å². The largest absolute Gasteiger partial charge is 0.364 e. The first-order valence-electron chi connectivity index (χ1n) is 9.79. The van der Waals surface area contributed by atoms with E-state index in [0.29, 0.717) is 24.7 Å². The molecule has 2 amide bonds. The van der Waals surface area contributed by atoms with E-state index in [1.807, 2.05) is 17.1 Å². The molecule has 0 aromatic carbocycles. The third-order valence-corrected chi connectivity index (χ3v) is 6.36. The molecule has 3 aliphatic heterocycles. The molecule has 0 N–H and O–H groups in total. The summed E-state index contributed by atoms with van der Waals surface area (Å²) < 4.78 is 11.0. The number of amides is 2. The summed E-state index contributed by atoms with van der Waals surface area (Å²) in [5.74, 6) is -0.423. The molecule has 2 bridgehead atoms. The molecular formula is C20H27N3O4. The molecule has 1 spiro atoms. The van der Waals surface area contributed by atoms with Crippen LogP contribution >= 0.6 is 0 Å². The van der Waals surface area contributed by atoms with Crippen molar-refractivity contribution in [1.29, 1.82) is 0 Å². The van der Waals surface area contributed by atoms with Crippen LogP contribution in [0.15, 0.2) is 29.0 Å². The van der Waals surface area contributed by atoms with Gasteiger partial charge in [-0.25, -0.2) is 0 Å². The van der Waals surface area contributed by atoms with E-state index in [0.717, 1.165) is 19.4 Å². The van der Waals surface area contributed by atoms with Gasteiger partial charge in [0.25, 0.3) is 0 Å². The monoisotopic (exact) mass is 373 g/mol. The van der Waals surface area contributed by atoms with Crippen LogP contribution in [-0.4, -0.2) is 58.6 Å². The van der Waals surface area contributed by atoms with Crippen molar-refractivity contribution in [2.45, 2.75) is 44.9 Å². The van der Waals surface area contributed by atoms with Crippen molar-refractivity contribution in [2.24, 2.45) is 17.8 Å². The highest BCUT2D eigenvalue weighted by Gasteiger charge is 2.67. The summed E-state index contributed by atoms with van der Waals surface area (Å²) in [6.45, 7) is 5.95. The Kier molecular flexibility index (Phi) is 4.58. The molecule has 4 rings (SSSR count). The molecule has 0 unspecified atom stereocenters. The zero-order chi connectivity index (χ0) is 19.2. The van der Waals surface area contributed by atoms with E-state index in [1.54, 1.807) is 18.0 Å². The molecule has 0 saturated carbocycles. The molecule has 1 aromatic heterocycles. The minimum atomic E-state index is -0.636. The molecule has 7 heteroatoms. The van der Waals surface area contributed by atoms with Crippen molar-refractivity contribution >= 4 is 11.8 Å². The fourth-order valence-corrected chi connectivity index (χ4v) is 4.77. The standard InChI is InChI=1S/C20H27N3O4/c1-4-13(5-2)10-23-12-20-8-6-15(27-20)16(17(20)19(23)25)18(24)22(3)11-14-7-9-26-21-14/h6-9,13,15-17H,4-5,10-12H2,1-3H3/t15-,16+,17+,20-/m0/s1. The predicted octanol–water partition coefficient (Wildman–Crippen LogP) is 1.85. The number of fused-ring (bicyclic) bond motifs is 1. The van der Waals surface area contributed by atoms with Crippen LogP contribution in [0.5, 0.6) is 0 Å². The van der Waals surface area contributed by atoms with Gasteiger partial charge in [0, 0.05) is 19.7 Å². The zero-order valence-corrected chi connectivity index (χ0v) is 16.1. The van der Waals surface area contributed by atoms with Crippen LogP contribution in [0.25, 0.3) is 0 Å². The topological polar surface area (TPSA) is 75.9 Å². The summed E-state index contributed by atoms with van der Waals surface area (Å²) in [5.41, 5.74) is 0.0522. The maximum atomic E-state index is 13.2. The van der Waals surface area contributed by atoms with Gasteiger partial charge in [-0.3, -0.25) is 9.59 Å². The van der Waals surface area contributed by atoms with Crippen LogP contribution < -0.4 is 0 Å². The third kappa shape index (κ3) is 2.88. The minimum absolute atomic E-state index is 0.0573. The maximum Gasteiger partial charge on any atom is 0.230 e. The quantitative estimate of drug-likeness (QED) is 0.682. The van der Waals surface area contributed by atoms with E-state index in [9.17, 15) is 9.59 Å². The Balaban J connectivity index is 1.53. The molecule has 2 fully saturated rings. The smallest absolute Gasteiger partial charge is 0.230 e. The Morgan fingerprint density at radius 2 is 2.22 bits per heavy atom. The van der Waals surface area contributed by atoms with E-state index in [-0.39, 0.29) is 17.9 Å². The molecular weight excluding hydrogens is 346 g/mol. The molecule has 2 saturated heterocycles. The van der Waals surface area contributed by atoms with E-state index < -0.39 is 17.4 Å². The van der Waals surface area contributed by atoms with Gasteiger partial charge in [0.2, 0.25) is 11.8 Å². The van der Waals surface area contributed by atoms with Crippen molar-refractivity contribution in [3.8, 4) is 0 Å². The Hall–Kier alpha value is -2.15. The highest BCUT2D eigenvalue weighted by atomic mass is 16.5. The molecule has 0 aliphatic carbocycles. The second-order valence-electron chi connectivity index (χ2n) is 7.99. The number of rotatable bonds is 7. The summed E-state index contributed by atoms with van der Waals surface area (Å²) in [5, 5.41) is 3.87. The molecule has 27 heavy (non-hydrogen) atoms. The van der Waals surface area contributed by atoms with Crippen molar-refractivity contribution in [3.05, 3.63) is 30.2 Å². The SMILES string of the molecule is CCC(CC)CN1C[C@]23C=C[C@H](O2)[C@@H](C(=O)N(C)Cc2ccon2)[C@@H]3C1=O. The minimum Gasteiger partial charge on any atom is -0.364 e. The lowest BCUT2D eigenvalue weighted by atomic mass is 9.76. The highest BCUT2D eigenvalue weighted by molar-refractivity contribution is 5.93. The average molecular weight is 373 g/mol. The molecule has 3 aliphatic rings. The molecule has 7 nitrogen and oxygen atoms in total. The Bertz CT molecular complexity index is 742. The number of hydrogen-bond acceptors (Lipinski definition) is 5. The van der Waals surface area contributed by atoms with Gasteiger partial charge in [-0.15, -0.1) is 0 Å². The normalized spacial score (nSPS) is 31.2. The van der Waals surface area contributed by atoms with Crippen molar-refractivity contribution < 1.29 is 18.8 Å². The first-order valence-corrected chi connectivity index (χ1v) is 9.79. The lowest BCUT2D eigenvalue weighted by Gasteiger charge is -2.27. The Labute approximate surface area is 159 Å². The van der Waals surface area contributed by atoms with Gasteiger partial charge in [0.15, 0.2) is 0 Å². The van der Waals surface area contributed by atoms with E-state index in [2.05, 4.69) is 19.0 Å². The second-order valence-corrected chi connectivity index (χ2v) is 7.99. The molecule has 0 radical (unpaired) electrons. The number of carbonyl (C=O) groups is 2. The van der Waals surface area contributed by atoms with Crippen LogP contribution in [0.4, 0.5) is 0 Å². The highest BCUT2D eigenvalue weighted by Crippen LogP contribution is 2.52. The lowest BCUT2D eigenvalue weighted by Crippen LogP contribution is -2.44. The molecule has 4 heterocycles. The number of likely N-dealkylation sites (tertiary alicyclic amines) is 1. The number of nitrogens with zero attached hydrogens (tertiary/aromatic N) is 3. The summed E-state index contributed by atoms with van der Waals surface area (Å²) in [6.07, 6.45) is 7.22. The van der Waals surface area contributed by atoms with Gasteiger partial charge < -0.3 is 19.1 Å². The van der Waals surface area contributed by atoms with E-state index >= 15 is 0 Å². The zero-order valence-electron chi connectivity index (χ0n) is 16.1. The maximum absolute atomic E-state index is 13.2. The van der Waals surface area contributed by atoms with Crippen LogP contribution in [0.3, 0.4) is 0 Å². The van der Waals surface area contributed by atoms with Crippen LogP contribution in [0.1, 0.15) is 32.4 Å². The van der Waals surface area contributed by atoms with E-state index in [4.69, 9.17) is 9.26 Å². The van der Waals surface area contributed by atoms with Gasteiger partial charge in [0.1, 0.15) is 17.6 Å². The lowest BCUT2D eigenvalue weighted by molar-refractivity contribution is -0.143. The van der Waals surface area contributed by atoms with Gasteiger partial charge in [0.05, 0.1) is 31.0 Å². The van der Waals surface area contributed by atoms with Crippen molar-refractivity contribution in [1.82, 2.24) is 15.0 Å². The first-order chi connectivity index (χ1) is 13.0. The fraction of sp³-hybridized carbons (Fsp3) is 0.650. The van der Waals surface area contributed by atoms with Gasteiger partial charge in [-0.2, -0.15) is 0 Å². The Morgan fingerprint density at radius 3 is 2.89 bits per heavy atom. The predicted molar refractivity (Wildman–Crippen MR) is 97.4 cm³/mol. The Morgan fingerprint density at radius 1 is 1.44 bits per heavy atom. The van der Waals surface area contributed by atoms with E-state index in [1.165, 1.54) is 6.26 Å².